The lowest BCUT2D eigenvalue weighted by Crippen LogP contribution is -2.42. The molecule has 1 unspecified atom stereocenters. The van der Waals surface area contributed by atoms with Crippen molar-refractivity contribution in [1.82, 2.24) is 14.8 Å². The van der Waals surface area contributed by atoms with Crippen molar-refractivity contribution in [3.8, 4) is 0 Å². The summed E-state index contributed by atoms with van der Waals surface area (Å²) in [5.74, 6) is -1.64. The predicted molar refractivity (Wildman–Crippen MR) is 115 cm³/mol. The third-order valence-corrected chi connectivity index (χ3v) is 3.92. The first-order valence-corrected chi connectivity index (χ1v) is 9.27. The number of guanidine groups is 3. The van der Waals surface area contributed by atoms with Gasteiger partial charge in [-0.15, -0.1) is 5.10 Å². The van der Waals surface area contributed by atoms with E-state index in [9.17, 15) is 9.90 Å². The fraction of sp³-hybridized carbons (Fsp3) is 0.750. The Labute approximate surface area is 173 Å². The molecule has 13 heteroatoms. The summed E-state index contributed by atoms with van der Waals surface area (Å²) in [6.45, 7) is 0.603. The Morgan fingerprint density at radius 1 is 1.03 bits per heavy atom. The topological polar surface area (TPSA) is 226 Å². The van der Waals surface area contributed by atoms with E-state index in [0.29, 0.717) is 38.8 Å². The normalized spacial score (nSPS) is 13.1. The molecule has 168 valence electrons. The highest BCUT2D eigenvalue weighted by Crippen LogP contribution is 2.12. The maximum absolute atomic E-state index is 11.8. The molecule has 0 aliphatic heterocycles. The van der Waals surface area contributed by atoms with Crippen LogP contribution in [0.3, 0.4) is 0 Å². The van der Waals surface area contributed by atoms with Gasteiger partial charge in [0.1, 0.15) is 6.04 Å². The number of carboxylic acid groups (broad SMARTS) is 1. The summed E-state index contributed by atoms with van der Waals surface area (Å²) >= 11 is 0. The monoisotopic (exact) mass is 416 g/mol. The van der Waals surface area contributed by atoms with Crippen molar-refractivity contribution in [3.05, 3.63) is 0 Å². The van der Waals surface area contributed by atoms with Crippen molar-refractivity contribution in [2.45, 2.75) is 31.7 Å². The van der Waals surface area contributed by atoms with Crippen molar-refractivity contribution in [2.24, 2.45) is 38.8 Å². The van der Waals surface area contributed by atoms with E-state index in [1.54, 1.807) is 0 Å². The number of carboxylic acids is 1. The number of unbranched alkanes of at least 4 members (excludes halogenated alkanes) is 1. The number of nitrogens with one attached hydrogen (secondary N) is 1. The highest BCUT2D eigenvalue weighted by atomic mass is 16.4. The van der Waals surface area contributed by atoms with Crippen LogP contribution in [0.5, 0.6) is 0 Å². The van der Waals surface area contributed by atoms with Crippen LogP contribution in [0.1, 0.15) is 27.1 Å². The number of hydrogen-bond acceptors (Lipinski definition) is 6. The molecule has 0 fully saturated rings. The third-order valence-electron chi connectivity index (χ3n) is 3.92. The largest absolute Gasteiger partial charge is 0.480 e. The van der Waals surface area contributed by atoms with Gasteiger partial charge in [-0.1, -0.05) is 0 Å². The Morgan fingerprint density at radius 2 is 1.69 bits per heavy atom. The molecule has 0 heterocycles. The second-order valence-electron chi connectivity index (χ2n) is 6.76. The van der Waals surface area contributed by atoms with E-state index in [0.717, 1.165) is 6.54 Å². The van der Waals surface area contributed by atoms with Crippen LogP contribution in [-0.2, 0) is 4.79 Å². The van der Waals surface area contributed by atoms with E-state index in [-0.39, 0.29) is 24.4 Å². The highest BCUT2D eigenvalue weighted by Gasteiger charge is 2.24. The molecule has 0 aromatic rings. The molecule has 0 aliphatic rings. The third kappa shape index (κ3) is 12.9. The van der Waals surface area contributed by atoms with Gasteiger partial charge in [0.15, 0.2) is 11.9 Å². The SMILES string of the molecule is [2H]C(CN(CCCC[C@@H](C(=O)O)N(CCCN(C)C)N=C(N)N)C(=N)N)N=C(N)N. The Bertz CT molecular complexity index is 592. The number of aliphatic imine (C=N–C) groups is 1. The highest BCUT2D eigenvalue weighted by molar-refractivity contribution is 5.77. The van der Waals surface area contributed by atoms with Gasteiger partial charge in [0.2, 0.25) is 5.96 Å². The van der Waals surface area contributed by atoms with Crippen LogP contribution in [0.4, 0.5) is 0 Å². The summed E-state index contributed by atoms with van der Waals surface area (Å²) in [4.78, 5) is 18.9. The van der Waals surface area contributed by atoms with E-state index in [1.807, 2.05) is 19.0 Å². The van der Waals surface area contributed by atoms with Crippen LogP contribution in [-0.4, -0.2) is 96.6 Å². The molecule has 12 N–H and O–H groups in total. The summed E-state index contributed by atoms with van der Waals surface area (Å²) in [6.07, 6.45) is 2.07. The fourth-order valence-corrected chi connectivity index (χ4v) is 2.57. The zero-order valence-electron chi connectivity index (χ0n) is 18.3. The molecule has 0 saturated carbocycles. The summed E-state index contributed by atoms with van der Waals surface area (Å²) in [6, 6.07) is -0.884. The molecule has 0 aromatic carbocycles. The van der Waals surface area contributed by atoms with Crippen molar-refractivity contribution in [3.63, 3.8) is 0 Å². The molecule has 0 rings (SSSR count). The van der Waals surface area contributed by atoms with Crippen molar-refractivity contribution in [2.75, 3.05) is 46.8 Å². The molecular formula is C16H37N11O2. The molecule has 29 heavy (non-hydrogen) atoms. The van der Waals surface area contributed by atoms with Gasteiger partial charge in [0.05, 0.1) is 7.89 Å². The maximum atomic E-state index is 11.8. The first kappa shape index (κ1) is 24.1. The van der Waals surface area contributed by atoms with Gasteiger partial charge in [-0.2, -0.15) is 0 Å². The van der Waals surface area contributed by atoms with Crippen LogP contribution in [0, 0.1) is 5.41 Å². The second kappa shape index (κ2) is 14.1. The molecule has 2 atom stereocenters. The predicted octanol–water partition coefficient (Wildman–Crippen LogP) is -2.48. The first-order chi connectivity index (χ1) is 13.9. The van der Waals surface area contributed by atoms with Crippen molar-refractivity contribution < 1.29 is 11.3 Å². The Balaban J connectivity index is 4.85. The van der Waals surface area contributed by atoms with E-state index >= 15 is 0 Å². The van der Waals surface area contributed by atoms with Crippen molar-refractivity contribution >= 4 is 23.8 Å². The number of nitrogens with zero attached hydrogens (tertiary/aromatic N) is 5. The summed E-state index contributed by atoms with van der Waals surface area (Å²) in [7, 11) is 3.85. The average Bonchev–Trinajstić information content (AvgIpc) is 2.58. The van der Waals surface area contributed by atoms with Gasteiger partial charge in [-0.3, -0.25) is 15.4 Å². The smallest absolute Gasteiger partial charge is 0.328 e. The van der Waals surface area contributed by atoms with Gasteiger partial charge in [-0.05, 0) is 46.3 Å². The number of hydrazone groups is 1. The van der Waals surface area contributed by atoms with E-state index in [1.165, 1.54) is 9.91 Å². The van der Waals surface area contributed by atoms with Gasteiger partial charge < -0.3 is 43.6 Å². The number of hydrogen-bond donors (Lipinski definition) is 7. The minimum absolute atomic E-state index is 0.0558. The zero-order valence-corrected chi connectivity index (χ0v) is 17.3. The van der Waals surface area contributed by atoms with Crippen LogP contribution in [0.2, 0.25) is 0 Å². The van der Waals surface area contributed by atoms with Gasteiger partial charge >= 0.3 is 5.97 Å². The minimum atomic E-state index is -1.02. The average molecular weight is 417 g/mol. The fourth-order valence-electron chi connectivity index (χ4n) is 2.57. The number of carbonyl (C=O) groups is 1. The summed E-state index contributed by atoms with van der Waals surface area (Å²) in [5, 5.41) is 22.7. The van der Waals surface area contributed by atoms with Gasteiger partial charge in [0, 0.05) is 19.6 Å². The molecule has 0 aliphatic carbocycles. The Morgan fingerprint density at radius 3 is 2.17 bits per heavy atom. The second-order valence-corrected chi connectivity index (χ2v) is 6.76. The molecule has 13 nitrogen and oxygen atoms in total. The maximum Gasteiger partial charge on any atom is 0.328 e. The minimum Gasteiger partial charge on any atom is -0.480 e. The zero-order chi connectivity index (χ0) is 23.3. The van der Waals surface area contributed by atoms with Crippen LogP contribution in [0.15, 0.2) is 10.1 Å². The van der Waals surface area contributed by atoms with Crippen molar-refractivity contribution in [1.29, 1.82) is 5.41 Å². The number of nitrogens with two attached hydrogens (primary N) is 5. The lowest BCUT2D eigenvalue weighted by atomic mass is 10.1. The molecule has 0 bridgehead atoms. The number of aliphatic carboxylic acids is 1. The molecular weight excluding hydrogens is 378 g/mol. The lowest BCUT2D eigenvalue weighted by Gasteiger charge is -2.27. The van der Waals surface area contributed by atoms with Crippen LogP contribution >= 0.6 is 0 Å². The summed E-state index contributed by atoms with van der Waals surface area (Å²) in [5.41, 5.74) is 27.0. The van der Waals surface area contributed by atoms with E-state index < -0.39 is 18.5 Å². The molecule has 0 radical (unpaired) electrons. The molecule has 0 aromatic heterocycles. The van der Waals surface area contributed by atoms with Gasteiger partial charge in [-0.25, -0.2) is 4.79 Å². The van der Waals surface area contributed by atoms with Crippen LogP contribution < -0.4 is 28.7 Å². The summed E-state index contributed by atoms with van der Waals surface area (Å²) < 4.78 is 7.78. The Hall–Kier alpha value is -2.96. The quantitative estimate of drug-likeness (QED) is 0.0643. The molecule has 0 amide bonds. The first-order valence-electron chi connectivity index (χ1n) is 9.85. The Kier molecular flexibility index (Phi) is 11.7. The van der Waals surface area contributed by atoms with E-state index in [4.69, 9.17) is 35.4 Å². The molecule has 0 saturated heterocycles. The van der Waals surface area contributed by atoms with Gasteiger partial charge in [0.25, 0.3) is 0 Å². The lowest BCUT2D eigenvalue weighted by molar-refractivity contribution is -0.143. The number of rotatable bonds is 15. The van der Waals surface area contributed by atoms with E-state index in [2.05, 4.69) is 10.1 Å². The standard InChI is InChI=1S/C16H37N11O2/c1-25(2)8-5-10-27(24-15(19)20)12(13(28)29)6-3-4-9-26(16(21)22)11-7-23-14(17)18/h12H,3-11H2,1-2H3,(H3,21,22)(H,28,29)(H4,17,18,23)(H4,19,20,24)/t12-/m0/s1/i7D/t7?,12-. The molecule has 0 spiro atoms. The van der Waals surface area contributed by atoms with Crippen LogP contribution in [0.25, 0.3) is 0 Å².